The lowest BCUT2D eigenvalue weighted by Gasteiger charge is -2.22. The molecule has 0 bridgehead atoms. The van der Waals surface area contributed by atoms with Gasteiger partial charge in [-0.15, -0.1) is 0 Å². The summed E-state index contributed by atoms with van der Waals surface area (Å²) in [6.07, 6.45) is 8.64. The standard InChI is InChI=1S/C15H21NO/c1-2-17-16-12-13-7-6-10-15(11-13)14-8-4-3-5-9-14/h6-7,10-12,14H,2-5,8-9H2,1H3. The molecule has 17 heavy (non-hydrogen) atoms. The van der Waals surface area contributed by atoms with Gasteiger partial charge in [0.1, 0.15) is 6.61 Å². The van der Waals surface area contributed by atoms with Crippen LogP contribution in [0.3, 0.4) is 0 Å². The van der Waals surface area contributed by atoms with Crippen molar-refractivity contribution >= 4 is 6.21 Å². The summed E-state index contributed by atoms with van der Waals surface area (Å²) in [4.78, 5) is 4.99. The number of hydrogen-bond donors (Lipinski definition) is 0. The first kappa shape index (κ1) is 12.2. The SMILES string of the molecule is CCON=Cc1cccc(C2CCCCC2)c1. The summed E-state index contributed by atoms with van der Waals surface area (Å²) in [5, 5.41) is 3.92. The normalized spacial score (nSPS) is 17.5. The maximum absolute atomic E-state index is 4.99. The predicted octanol–water partition coefficient (Wildman–Crippen LogP) is 4.10. The van der Waals surface area contributed by atoms with E-state index in [4.69, 9.17) is 4.84 Å². The fourth-order valence-electron chi connectivity index (χ4n) is 2.50. The van der Waals surface area contributed by atoms with Crippen LogP contribution in [0.15, 0.2) is 29.4 Å². The average molecular weight is 231 g/mol. The third kappa shape index (κ3) is 3.58. The van der Waals surface area contributed by atoms with Crippen LogP contribution in [0.2, 0.25) is 0 Å². The van der Waals surface area contributed by atoms with Crippen molar-refractivity contribution < 1.29 is 4.84 Å². The third-order valence-electron chi connectivity index (χ3n) is 3.39. The average Bonchev–Trinajstić information content (AvgIpc) is 2.41. The molecule has 1 aromatic rings. The molecule has 0 amide bonds. The summed E-state index contributed by atoms with van der Waals surface area (Å²) in [6, 6.07) is 8.69. The van der Waals surface area contributed by atoms with Crippen molar-refractivity contribution in [2.75, 3.05) is 6.61 Å². The van der Waals surface area contributed by atoms with Crippen LogP contribution in [0.1, 0.15) is 56.1 Å². The van der Waals surface area contributed by atoms with Gasteiger partial charge in [-0.05, 0) is 42.9 Å². The number of nitrogens with zero attached hydrogens (tertiary/aromatic N) is 1. The Kier molecular flexibility index (Phi) is 4.60. The molecule has 2 rings (SSSR count). The summed E-state index contributed by atoms with van der Waals surface area (Å²) in [6.45, 7) is 2.56. The van der Waals surface area contributed by atoms with Gasteiger partial charge in [-0.2, -0.15) is 0 Å². The predicted molar refractivity (Wildman–Crippen MR) is 71.5 cm³/mol. The van der Waals surface area contributed by atoms with E-state index in [0.717, 1.165) is 11.5 Å². The van der Waals surface area contributed by atoms with Gasteiger partial charge in [-0.3, -0.25) is 0 Å². The van der Waals surface area contributed by atoms with Gasteiger partial charge in [-0.1, -0.05) is 42.6 Å². The third-order valence-corrected chi connectivity index (χ3v) is 3.39. The van der Waals surface area contributed by atoms with Crippen molar-refractivity contribution in [3.63, 3.8) is 0 Å². The first-order chi connectivity index (χ1) is 8.40. The monoisotopic (exact) mass is 231 g/mol. The molecule has 1 saturated carbocycles. The molecule has 92 valence electrons. The lowest BCUT2D eigenvalue weighted by atomic mass is 9.84. The van der Waals surface area contributed by atoms with Gasteiger partial charge in [0.25, 0.3) is 0 Å². The van der Waals surface area contributed by atoms with Gasteiger partial charge >= 0.3 is 0 Å². The van der Waals surface area contributed by atoms with Crippen LogP contribution in [-0.4, -0.2) is 12.8 Å². The van der Waals surface area contributed by atoms with Gasteiger partial charge in [0.2, 0.25) is 0 Å². The van der Waals surface area contributed by atoms with E-state index in [2.05, 4.69) is 29.4 Å². The molecule has 0 N–H and O–H groups in total. The van der Waals surface area contributed by atoms with Crippen LogP contribution >= 0.6 is 0 Å². The molecule has 1 fully saturated rings. The highest BCUT2D eigenvalue weighted by Gasteiger charge is 2.15. The van der Waals surface area contributed by atoms with E-state index in [-0.39, 0.29) is 0 Å². The molecular weight excluding hydrogens is 210 g/mol. The minimum absolute atomic E-state index is 0.624. The Balaban J connectivity index is 2.05. The maximum Gasteiger partial charge on any atom is 0.114 e. The van der Waals surface area contributed by atoms with Gasteiger partial charge in [0.15, 0.2) is 0 Å². The van der Waals surface area contributed by atoms with E-state index in [1.807, 2.05) is 6.92 Å². The lowest BCUT2D eigenvalue weighted by molar-refractivity contribution is 0.160. The van der Waals surface area contributed by atoms with Gasteiger partial charge in [0.05, 0.1) is 6.21 Å². The van der Waals surface area contributed by atoms with E-state index in [9.17, 15) is 0 Å². The molecule has 0 aliphatic heterocycles. The van der Waals surface area contributed by atoms with Crippen molar-refractivity contribution in [2.45, 2.75) is 44.9 Å². The smallest absolute Gasteiger partial charge is 0.114 e. The quantitative estimate of drug-likeness (QED) is 0.564. The van der Waals surface area contributed by atoms with E-state index in [1.165, 1.54) is 37.7 Å². The topological polar surface area (TPSA) is 21.6 Å². The molecule has 0 heterocycles. The second-order valence-electron chi connectivity index (χ2n) is 4.66. The van der Waals surface area contributed by atoms with Crippen LogP contribution in [0.25, 0.3) is 0 Å². The molecule has 0 spiro atoms. The number of rotatable bonds is 4. The highest BCUT2D eigenvalue weighted by Crippen LogP contribution is 2.32. The number of oxime groups is 1. The molecule has 1 aromatic carbocycles. The van der Waals surface area contributed by atoms with Gasteiger partial charge in [0, 0.05) is 0 Å². The van der Waals surface area contributed by atoms with E-state index in [0.29, 0.717) is 6.61 Å². The van der Waals surface area contributed by atoms with Gasteiger partial charge < -0.3 is 4.84 Å². The summed E-state index contributed by atoms with van der Waals surface area (Å²) in [7, 11) is 0. The second-order valence-corrected chi connectivity index (χ2v) is 4.66. The summed E-state index contributed by atoms with van der Waals surface area (Å²) < 4.78 is 0. The zero-order chi connectivity index (χ0) is 11.9. The number of hydrogen-bond acceptors (Lipinski definition) is 2. The zero-order valence-corrected chi connectivity index (χ0v) is 10.6. The second kappa shape index (κ2) is 6.43. The fourth-order valence-corrected chi connectivity index (χ4v) is 2.50. The Bertz CT molecular complexity index is 367. The first-order valence-corrected chi connectivity index (χ1v) is 6.65. The van der Waals surface area contributed by atoms with Gasteiger partial charge in [-0.25, -0.2) is 0 Å². The maximum atomic E-state index is 4.99. The highest BCUT2D eigenvalue weighted by atomic mass is 16.6. The minimum atomic E-state index is 0.624. The molecule has 1 aliphatic carbocycles. The van der Waals surface area contributed by atoms with Crippen molar-refractivity contribution in [1.29, 1.82) is 0 Å². The molecule has 0 unspecified atom stereocenters. The van der Waals surface area contributed by atoms with Crippen LogP contribution in [0, 0.1) is 0 Å². The molecular formula is C15H21NO. The fraction of sp³-hybridized carbons (Fsp3) is 0.533. The van der Waals surface area contributed by atoms with E-state index < -0.39 is 0 Å². The molecule has 2 nitrogen and oxygen atoms in total. The molecule has 1 aliphatic rings. The highest BCUT2D eigenvalue weighted by molar-refractivity contribution is 5.79. The summed E-state index contributed by atoms with van der Waals surface area (Å²) in [5.41, 5.74) is 2.60. The van der Waals surface area contributed by atoms with Crippen LogP contribution in [0.4, 0.5) is 0 Å². The lowest BCUT2D eigenvalue weighted by Crippen LogP contribution is -2.04. The van der Waals surface area contributed by atoms with Crippen molar-refractivity contribution in [3.8, 4) is 0 Å². The van der Waals surface area contributed by atoms with E-state index >= 15 is 0 Å². The first-order valence-electron chi connectivity index (χ1n) is 6.65. The molecule has 0 saturated heterocycles. The summed E-state index contributed by atoms with van der Waals surface area (Å²) in [5.74, 6) is 0.754. The molecule has 0 radical (unpaired) electrons. The minimum Gasteiger partial charge on any atom is -0.396 e. The Labute approximate surface area is 104 Å². The summed E-state index contributed by atoms with van der Waals surface area (Å²) >= 11 is 0. The molecule has 2 heteroatoms. The Morgan fingerprint density at radius 3 is 2.88 bits per heavy atom. The zero-order valence-electron chi connectivity index (χ0n) is 10.6. The largest absolute Gasteiger partial charge is 0.396 e. The van der Waals surface area contributed by atoms with Crippen LogP contribution in [0.5, 0.6) is 0 Å². The van der Waals surface area contributed by atoms with Crippen molar-refractivity contribution in [2.24, 2.45) is 5.16 Å². The van der Waals surface area contributed by atoms with Crippen molar-refractivity contribution in [1.82, 2.24) is 0 Å². The number of benzene rings is 1. The van der Waals surface area contributed by atoms with Crippen LogP contribution < -0.4 is 0 Å². The Morgan fingerprint density at radius 2 is 2.12 bits per heavy atom. The van der Waals surface area contributed by atoms with Crippen molar-refractivity contribution in [3.05, 3.63) is 35.4 Å². The molecule has 0 atom stereocenters. The Hall–Kier alpha value is -1.31. The molecule has 0 aromatic heterocycles. The van der Waals surface area contributed by atoms with Crippen LogP contribution in [-0.2, 0) is 4.84 Å². The van der Waals surface area contributed by atoms with E-state index in [1.54, 1.807) is 6.21 Å². The Morgan fingerprint density at radius 1 is 1.29 bits per heavy atom.